The molecule has 2 fully saturated rings. The van der Waals surface area contributed by atoms with Gasteiger partial charge in [-0.2, -0.15) is 0 Å². The summed E-state index contributed by atoms with van der Waals surface area (Å²) in [4.78, 5) is 2.68. The number of ether oxygens (including phenoxy) is 1. The first-order valence-corrected chi connectivity index (χ1v) is 9.74. The maximum Gasteiger partial charge on any atom is 0.0678 e. The highest BCUT2D eigenvalue weighted by Gasteiger charge is 2.33. The van der Waals surface area contributed by atoms with Crippen molar-refractivity contribution < 1.29 is 4.74 Å². The van der Waals surface area contributed by atoms with Crippen molar-refractivity contribution >= 4 is 0 Å². The van der Waals surface area contributed by atoms with E-state index in [1.54, 1.807) is 0 Å². The van der Waals surface area contributed by atoms with Crippen LogP contribution in [0.4, 0.5) is 0 Å². The molecule has 0 unspecified atom stereocenters. The third-order valence-corrected chi connectivity index (χ3v) is 5.86. The molecule has 2 aromatic carbocycles. The molecule has 1 aliphatic heterocycles. The molecule has 25 heavy (non-hydrogen) atoms. The van der Waals surface area contributed by atoms with E-state index in [4.69, 9.17) is 4.74 Å². The van der Waals surface area contributed by atoms with Gasteiger partial charge in [-0.1, -0.05) is 54.6 Å². The summed E-state index contributed by atoms with van der Waals surface area (Å²) in [6, 6.07) is 20.7. The zero-order valence-corrected chi connectivity index (χ0v) is 15.4. The molecular weight excluding hydrogens is 306 g/mol. The molecular formula is C23H29NO. The summed E-state index contributed by atoms with van der Waals surface area (Å²) in [6.07, 6.45) is 4.67. The molecule has 1 saturated carbocycles. The largest absolute Gasteiger partial charge is 0.373 e. The molecule has 0 N–H and O–H groups in total. The third kappa shape index (κ3) is 3.80. The number of morpholine rings is 1. The third-order valence-electron chi connectivity index (χ3n) is 5.86. The fourth-order valence-electron chi connectivity index (χ4n) is 4.69. The molecule has 1 aliphatic carbocycles. The molecule has 2 heteroatoms. The maximum atomic E-state index is 5.90. The normalized spacial score (nSPS) is 30.5. The SMILES string of the molecule is C[C@@H]1CN([C@H]2CC[C@@H](c3ccc(-c4ccccc4)cc3)C2)C[C@H](C)O1. The molecule has 0 bridgehead atoms. The predicted octanol–water partition coefficient (Wildman–Crippen LogP) is 5.10. The van der Waals surface area contributed by atoms with Crippen molar-refractivity contribution in [1.82, 2.24) is 4.90 Å². The first-order valence-electron chi connectivity index (χ1n) is 9.74. The Bertz CT molecular complexity index is 671. The highest BCUT2D eigenvalue weighted by Crippen LogP contribution is 2.38. The molecule has 0 spiro atoms. The monoisotopic (exact) mass is 335 g/mol. The topological polar surface area (TPSA) is 12.5 Å². The summed E-state index contributed by atoms with van der Waals surface area (Å²) >= 11 is 0. The first kappa shape index (κ1) is 16.8. The summed E-state index contributed by atoms with van der Waals surface area (Å²) in [5.74, 6) is 0.711. The summed E-state index contributed by atoms with van der Waals surface area (Å²) in [5, 5.41) is 0. The van der Waals surface area contributed by atoms with Crippen molar-refractivity contribution in [3.05, 3.63) is 60.2 Å². The Morgan fingerprint density at radius 1 is 0.800 bits per heavy atom. The van der Waals surface area contributed by atoms with Gasteiger partial charge in [0.2, 0.25) is 0 Å². The van der Waals surface area contributed by atoms with E-state index in [1.807, 2.05) is 0 Å². The smallest absolute Gasteiger partial charge is 0.0678 e. The summed E-state index contributed by atoms with van der Waals surface area (Å²) < 4.78 is 5.90. The van der Waals surface area contributed by atoms with E-state index in [2.05, 4.69) is 73.3 Å². The molecule has 0 aromatic heterocycles. The number of nitrogens with zero attached hydrogens (tertiary/aromatic N) is 1. The van der Waals surface area contributed by atoms with Crippen LogP contribution in [0.3, 0.4) is 0 Å². The lowest BCUT2D eigenvalue weighted by molar-refractivity contribution is -0.0796. The molecule has 4 rings (SSSR count). The van der Waals surface area contributed by atoms with Crippen molar-refractivity contribution in [2.24, 2.45) is 0 Å². The summed E-state index contributed by atoms with van der Waals surface area (Å²) in [6.45, 7) is 6.60. The molecule has 4 atom stereocenters. The molecule has 1 saturated heterocycles. The van der Waals surface area contributed by atoms with Crippen LogP contribution in [0.1, 0.15) is 44.6 Å². The minimum atomic E-state index is 0.368. The van der Waals surface area contributed by atoms with E-state index >= 15 is 0 Å². The second kappa shape index (κ2) is 7.31. The van der Waals surface area contributed by atoms with Crippen molar-refractivity contribution in [2.75, 3.05) is 13.1 Å². The Hall–Kier alpha value is -1.64. The van der Waals surface area contributed by atoms with Crippen molar-refractivity contribution in [1.29, 1.82) is 0 Å². The van der Waals surface area contributed by atoms with E-state index in [-0.39, 0.29) is 0 Å². The van der Waals surface area contributed by atoms with Crippen LogP contribution in [-0.4, -0.2) is 36.2 Å². The second-order valence-electron chi connectivity index (χ2n) is 7.86. The van der Waals surface area contributed by atoms with Gasteiger partial charge in [0, 0.05) is 19.1 Å². The molecule has 2 aromatic rings. The Labute approximate surface area is 151 Å². The first-order chi connectivity index (χ1) is 12.2. The predicted molar refractivity (Wildman–Crippen MR) is 104 cm³/mol. The molecule has 0 radical (unpaired) electrons. The van der Waals surface area contributed by atoms with Gasteiger partial charge >= 0.3 is 0 Å². The lowest BCUT2D eigenvalue weighted by atomic mass is 9.94. The van der Waals surface area contributed by atoms with Crippen LogP contribution in [0.25, 0.3) is 11.1 Å². The average Bonchev–Trinajstić information content (AvgIpc) is 3.12. The number of rotatable bonds is 3. The van der Waals surface area contributed by atoms with Crippen molar-refractivity contribution in [2.45, 2.75) is 57.3 Å². The molecule has 1 heterocycles. The Morgan fingerprint density at radius 2 is 1.44 bits per heavy atom. The van der Waals surface area contributed by atoms with Crippen LogP contribution in [0.5, 0.6) is 0 Å². The van der Waals surface area contributed by atoms with Gasteiger partial charge in [-0.25, -0.2) is 0 Å². The fraction of sp³-hybridized carbons (Fsp3) is 0.478. The molecule has 0 amide bonds. The van der Waals surface area contributed by atoms with Gasteiger partial charge in [0.1, 0.15) is 0 Å². The van der Waals surface area contributed by atoms with E-state index in [0.717, 1.165) is 19.1 Å². The average molecular weight is 335 g/mol. The quantitative estimate of drug-likeness (QED) is 0.774. The van der Waals surface area contributed by atoms with Crippen LogP contribution in [0.2, 0.25) is 0 Å². The van der Waals surface area contributed by atoms with Crippen LogP contribution >= 0.6 is 0 Å². The summed E-state index contributed by atoms with van der Waals surface area (Å²) in [7, 11) is 0. The highest BCUT2D eigenvalue weighted by atomic mass is 16.5. The van der Waals surface area contributed by atoms with Gasteiger partial charge < -0.3 is 4.74 Å². The van der Waals surface area contributed by atoms with E-state index < -0.39 is 0 Å². The Balaban J connectivity index is 1.42. The van der Waals surface area contributed by atoms with Crippen LogP contribution in [-0.2, 0) is 4.74 Å². The van der Waals surface area contributed by atoms with Gasteiger partial charge in [-0.3, -0.25) is 4.90 Å². The number of benzene rings is 2. The van der Waals surface area contributed by atoms with Gasteiger partial charge in [-0.15, -0.1) is 0 Å². The lowest BCUT2D eigenvalue weighted by Crippen LogP contribution is -2.49. The van der Waals surface area contributed by atoms with Crippen LogP contribution in [0.15, 0.2) is 54.6 Å². The van der Waals surface area contributed by atoms with E-state index in [9.17, 15) is 0 Å². The highest BCUT2D eigenvalue weighted by molar-refractivity contribution is 5.63. The van der Waals surface area contributed by atoms with Crippen LogP contribution < -0.4 is 0 Å². The Kier molecular flexibility index (Phi) is 4.91. The van der Waals surface area contributed by atoms with Gasteiger partial charge in [0.25, 0.3) is 0 Å². The van der Waals surface area contributed by atoms with E-state index in [1.165, 1.54) is 36.0 Å². The van der Waals surface area contributed by atoms with Gasteiger partial charge in [-0.05, 0) is 55.7 Å². The maximum absolute atomic E-state index is 5.90. The zero-order chi connectivity index (χ0) is 17.2. The number of hydrogen-bond acceptors (Lipinski definition) is 2. The van der Waals surface area contributed by atoms with Gasteiger partial charge in [0.15, 0.2) is 0 Å². The van der Waals surface area contributed by atoms with Crippen molar-refractivity contribution in [3.63, 3.8) is 0 Å². The molecule has 132 valence electrons. The summed E-state index contributed by atoms with van der Waals surface area (Å²) in [5.41, 5.74) is 4.13. The number of hydrogen-bond donors (Lipinski definition) is 0. The fourth-order valence-corrected chi connectivity index (χ4v) is 4.69. The standard InChI is InChI=1S/C23H29NO/c1-17-15-24(16-18(2)25-17)23-13-12-22(14-23)21-10-8-20(9-11-21)19-6-4-3-5-7-19/h3-11,17-18,22-23H,12-16H2,1-2H3/t17-,18+,22-,23+/m1/s1. The minimum Gasteiger partial charge on any atom is -0.373 e. The van der Waals surface area contributed by atoms with Crippen molar-refractivity contribution in [3.8, 4) is 11.1 Å². The minimum absolute atomic E-state index is 0.368. The second-order valence-corrected chi connectivity index (χ2v) is 7.86. The molecule has 2 nitrogen and oxygen atoms in total. The van der Waals surface area contributed by atoms with Crippen LogP contribution in [0, 0.1) is 0 Å². The zero-order valence-electron chi connectivity index (χ0n) is 15.4. The molecule has 2 aliphatic rings. The van der Waals surface area contributed by atoms with E-state index in [0.29, 0.717) is 18.1 Å². The Morgan fingerprint density at radius 3 is 2.12 bits per heavy atom. The lowest BCUT2D eigenvalue weighted by Gasteiger charge is -2.39. The van der Waals surface area contributed by atoms with Gasteiger partial charge in [0.05, 0.1) is 12.2 Å².